The van der Waals surface area contributed by atoms with Gasteiger partial charge < -0.3 is 10.8 Å². The van der Waals surface area contributed by atoms with E-state index in [4.69, 9.17) is 10.8 Å². The van der Waals surface area contributed by atoms with Crippen molar-refractivity contribution in [2.45, 2.75) is 25.8 Å². The van der Waals surface area contributed by atoms with Gasteiger partial charge in [0.05, 0.1) is 11.4 Å². The summed E-state index contributed by atoms with van der Waals surface area (Å²) in [5.74, 6) is -0.853. The Balaban J connectivity index is 2.44. The number of rotatable bonds is 4. The molecule has 0 bridgehead atoms. The normalized spacial score (nSPS) is 12.8. The number of carboxylic acids is 1. The number of thiazole rings is 1. The lowest BCUT2D eigenvalue weighted by molar-refractivity contribution is -0.137. The van der Waals surface area contributed by atoms with Crippen LogP contribution >= 0.6 is 11.3 Å². The second-order valence-corrected chi connectivity index (χ2v) is 4.23. The highest BCUT2D eigenvalue weighted by atomic mass is 32.1. The van der Waals surface area contributed by atoms with Gasteiger partial charge in [-0.05, 0) is 13.3 Å². The molecule has 1 aromatic heterocycles. The zero-order valence-electron chi connectivity index (χ0n) is 7.36. The van der Waals surface area contributed by atoms with Crippen molar-refractivity contribution in [3.63, 3.8) is 0 Å². The van der Waals surface area contributed by atoms with E-state index in [0.29, 0.717) is 6.42 Å². The second kappa shape index (κ2) is 4.34. The van der Waals surface area contributed by atoms with Gasteiger partial charge in [0.1, 0.15) is 0 Å². The minimum Gasteiger partial charge on any atom is -0.481 e. The Kier molecular flexibility index (Phi) is 3.39. The summed E-state index contributed by atoms with van der Waals surface area (Å²) in [7, 11) is 0. The molecule has 0 saturated carbocycles. The zero-order chi connectivity index (χ0) is 9.84. The molecule has 0 aliphatic rings. The summed E-state index contributed by atoms with van der Waals surface area (Å²) in [6.07, 6.45) is 2.36. The third-order valence-electron chi connectivity index (χ3n) is 1.57. The summed E-state index contributed by atoms with van der Waals surface area (Å²) in [5.41, 5.74) is 5.61. The van der Waals surface area contributed by atoms with Crippen molar-refractivity contribution in [2.24, 2.45) is 5.73 Å². The largest absolute Gasteiger partial charge is 0.481 e. The highest BCUT2D eigenvalue weighted by Crippen LogP contribution is 2.13. The molecule has 1 unspecified atom stereocenters. The van der Waals surface area contributed by atoms with Crippen LogP contribution in [0.15, 0.2) is 6.20 Å². The van der Waals surface area contributed by atoms with Crippen molar-refractivity contribution >= 4 is 17.3 Å². The van der Waals surface area contributed by atoms with Gasteiger partial charge in [-0.1, -0.05) is 0 Å². The van der Waals surface area contributed by atoms with Crippen LogP contribution in [-0.2, 0) is 11.2 Å². The number of aliphatic carboxylic acids is 1. The molecule has 0 saturated heterocycles. The minimum atomic E-state index is -0.853. The van der Waals surface area contributed by atoms with Crippen molar-refractivity contribution in [1.82, 2.24) is 4.98 Å². The summed E-state index contributed by atoms with van der Waals surface area (Å²) in [6, 6.07) is -0.308. The molecular formula is C8H12N2O2S. The highest BCUT2D eigenvalue weighted by Gasteiger charge is 2.10. The van der Waals surface area contributed by atoms with E-state index in [2.05, 4.69) is 4.98 Å². The van der Waals surface area contributed by atoms with Crippen molar-refractivity contribution in [3.05, 3.63) is 16.1 Å². The SMILES string of the molecule is Cc1ncc(CC(N)CC(=O)O)s1. The topological polar surface area (TPSA) is 76.2 Å². The lowest BCUT2D eigenvalue weighted by Gasteiger charge is -2.05. The lowest BCUT2D eigenvalue weighted by Crippen LogP contribution is -2.25. The standard InChI is InChI=1S/C8H12N2O2S/c1-5-10-4-7(13-5)2-6(9)3-8(11)12/h4,6H,2-3,9H2,1H3,(H,11,12). The Bertz CT molecular complexity index is 298. The number of hydrogen-bond donors (Lipinski definition) is 2. The first-order chi connectivity index (χ1) is 6.08. The monoisotopic (exact) mass is 200 g/mol. The molecule has 1 heterocycles. The van der Waals surface area contributed by atoms with Crippen LogP contribution in [0.5, 0.6) is 0 Å². The molecule has 0 aliphatic heterocycles. The second-order valence-electron chi connectivity index (χ2n) is 2.91. The Morgan fingerprint density at radius 3 is 3.00 bits per heavy atom. The van der Waals surface area contributed by atoms with Crippen molar-refractivity contribution < 1.29 is 9.90 Å². The highest BCUT2D eigenvalue weighted by molar-refractivity contribution is 7.11. The molecule has 1 atom stereocenters. The molecule has 3 N–H and O–H groups in total. The van der Waals surface area contributed by atoms with E-state index in [1.807, 2.05) is 6.92 Å². The Morgan fingerprint density at radius 2 is 2.54 bits per heavy atom. The summed E-state index contributed by atoms with van der Waals surface area (Å²) in [5, 5.41) is 9.46. The molecule has 1 aromatic rings. The fourth-order valence-electron chi connectivity index (χ4n) is 1.05. The summed E-state index contributed by atoms with van der Waals surface area (Å²) in [6.45, 7) is 1.91. The Morgan fingerprint density at radius 1 is 1.85 bits per heavy atom. The van der Waals surface area contributed by atoms with Crippen LogP contribution in [-0.4, -0.2) is 22.1 Å². The van der Waals surface area contributed by atoms with Crippen LogP contribution < -0.4 is 5.73 Å². The molecule has 13 heavy (non-hydrogen) atoms. The van der Waals surface area contributed by atoms with Gasteiger partial charge in [-0.15, -0.1) is 11.3 Å². The quantitative estimate of drug-likeness (QED) is 0.753. The predicted octanol–water partition coefficient (Wildman–Crippen LogP) is 0.796. The van der Waals surface area contributed by atoms with E-state index < -0.39 is 5.97 Å². The van der Waals surface area contributed by atoms with Gasteiger partial charge in [0.15, 0.2) is 0 Å². The number of carboxylic acid groups (broad SMARTS) is 1. The van der Waals surface area contributed by atoms with Gasteiger partial charge >= 0.3 is 5.97 Å². The molecule has 0 spiro atoms. The molecular weight excluding hydrogens is 188 g/mol. The third kappa shape index (κ3) is 3.52. The molecule has 0 aliphatic carbocycles. The maximum atomic E-state index is 10.3. The van der Waals surface area contributed by atoms with Crippen LogP contribution in [0.1, 0.15) is 16.3 Å². The average Bonchev–Trinajstić information content (AvgIpc) is 2.33. The van der Waals surface area contributed by atoms with Gasteiger partial charge in [0.2, 0.25) is 0 Å². The number of aromatic nitrogens is 1. The lowest BCUT2D eigenvalue weighted by atomic mass is 10.1. The maximum absolute atomic E-state index is 10.3. The summed E-state index contributed by atoms with van der Waals surface area (Å²) < 4.78 is 0. The molecule has 72 valence electrons. The number of nitrogens with two attached hydrogens (primary N) is 1. The van der Waals surface area contributed by atoms with Gasteiger partial charge in [-0.25, -0.2) is 4.98 Å². The van der Waals surface area contributed by atoms with Crippen LogP contribution in [0.25, 0.3) is 0 Å². The Labute approximate surface area is 80.4 Å². The first-order valence-electron chi connectivity index (χ1n) is 3.96. The first-order valence-corrected chi connectivity index (χ1v) is 4.78. The molecule has 1 rings (SSSR count). The third-order valence-corrected chi connectivity index (χ3v) is 2.50. The van der Waals surface area contributed by atoms with Gasteiger partial charge in [0, 0.05) is 17.1 Å². The number of carbonyl (C=O) groups is 1. The van der Waals surface area contributed by atoms with E-state index in [9.17, 15) is 4.79 Å². The van der Waals surface area contributed by atoms with Crippen LogP contribution in [0.3, 0.4) is 0 Å². The molecule has 0 radical (unpaired) electrons. The number of nitrogens with zero attached hydrogens (tertiary/aromatic N) is 1. The summed E-state index contributed by atoms with van der Waals surface area (Å²) >= 11 is 1.56. The van der Waals surface area contributed by atoms with E-state index >= 15 is 0 Å². The van der Waals surface area contributed by atoms with Crippen LogP contribution in [0, 0.1) is 6.92 Å². The number of aryl methyl sites for hydroxylation is 1. The van der Waals surface area contributed by atoms with Gasteiger partial charge in [-0.2, -0.15) is 0 Å². The van der Waals surface area contributed by atoms with Gasteiger partial charge in [0.25, 0.3) is 0 Å². The molecule has 5 heteroatoms. The van der Waals surface area contributed by atoms with E-state index in [1.54, 1.807) is 17.5 Å². The van der Waals surface area contributed by atoms with Crippen molar-refractivity contribution in [3.8, 4) is 0 Å². The van der Waals surface area contributed by atoms with Crippen molar-refractivity contribution in [1.29, 1.82) is 0 Å². The van der Waals surface area contributed by atoms with Crippen molar-refractivity contribution in [2.75, 3.05) is 0 Å². The maximum Gasteiger partial charge on any atom is 0.304 e. The fourth-order valence-corrected chi connectivity index (χ4v) is 1.94. The number of hydrogen-bond acceptors (Lipinski definition) is 4. The van der Waals surface area contributed by atoms with Crippen LogP contribution in [0.2, 0.25) is 0 Å². The molecule has 0 aromatic carbocycles. The van der Waals surface area contributed by atoms with E-state index in [1.165, 1.54) is 0 Å². The molecule has 4 nitrogen and oxygen atoms in total. The predicted molar refractivity (Wildman–Crippen MR) is 50.8 cm³/mol. The van der Waals surface area contributed by atoms with E-state index in [-0.39, 0.29) is 12.5 Å². The van der Waals surface area contributed by atoms with Gasteiger partial charge in [-0.3, -0.25) is 4.79 Å². The first kappa shape index (κ1) is 10.1. The fraction of sp³-hybridized carbons (Fsp3) is 0.500. The summed E-state index contributed by atoms with van der Waals surface area (Å²) in [4.78, 5) is 15.4. The van der Waals surface area contributed by atoms with E-state index in [0.717, 1.165) is 9.88 Å². The molecule has 0 amide bonds. The zero-order valence-corrected chi connectivity index (χ0v) is 8.17. The molecule has 0 fully saturated rings. The smallest absolute Gasteiger partial charge is 0.304 e. The van der Waals surface area contributed by atoms with Crippen LogP contribution in [0.4, 0.5) is 0 Å². The average molecular weight is 200 g/mol. The Hall–Kier alpha value is -0.940. The minimum absolute atomic E-state index is 0.0109.